The average Bonchev–Trinajstić information content (AvgIpc) is 3.00. The van der Waals surface area contributed by atoms with E-state index >= 15 is 0 Å². The number of hydrogen-bond acceptors (Lipinski definition) is 3. The van der Waals surface area contributed by atoms with E-state index in [-0.39, 0.29) is 24.4 Å². The maximum absolute atomic E-state index is 12.1. The number of urea groups is 1. The molecule has 1 saturated heterocycles. The van der Waals surface area contributed by atoms with E-state index in [1.54, 1.807) is 11.0 Å². The fourth-order valence-electron chi connectivity index (χ4n) is 2.86. The largest absolute Gasteiger partial charge is 0.336 e. The highest BCUT2D eigenvalue weighted by atomic mass is 16.2. The van der Waals surface area contributed by atoms with Gasteiger partial charge in [-0.3, -0.25) is 9.59 Å². The van der Waals surface area contributed by atoms with Gasteiger partial charge in [0.05, 0.1) is 0 Å². The predicted molar refractivity (Wildman–Crippen MR) is 86.3 cm³/mol. The molecule has 3 N–H and O–H groups in total. The SMILES string of the molecule is C=CC(=O)N1CCCc2cc(NC(=O)[C@H]3CNC(=O)N3)ccc21. The number of hydrogen-bond donors (Lipinski definition) is 3. The molecule has 0 radical (unpaired) electrons. The molecule has 2 aliphatic heterocycles. The molecule has 4 amide bonds. The van der Waals surface area contributed by atoms with Crippen LogP contribution < -0.4 is 20.9 Å². The van der Waals surface area contributed by atoms with Crippen LogP contribution in [-0.2, 0) is 16.0 Å². The second-order valence-electron chi connectivity index (χ2n) is 5.54. The smallest absolute Gasteiger partial charge is 0.315 e. The van der Waals surface area contributed by atoms with Crippen LogP contribution in [0.15, 0.2) is 30.9 Å². The number of aryl methyl sites for hydroxylation is 1. The van der Waals surface area contributed by atoms with Gasteiger partial charge in [-0.05, 0) is 42.7 Å². The molecule has 7 heteroatoms. The van der Waals surface area contributed by atoms with E-state index in [1.165, 1.54) is 6.08 Å². The van der Waals surface area contributed by atoms with E-state index in [1.807, 2.05) is 12.1 Å². The van der Waals surface area contributed by atoms with Gasteiger partial charge in [-0.15, -0.1) is 0 Å². The van der Waals surface area contributed by atoms with E-state index in [0.717, 1.165) is 24.1 Å². The van der Waals surface area contributed by atoms with Gasteiger partial charge in [0.15, 0.2) is 0 Å². The second-order valence-corrected chi connectivity index (χ2v) is 5.54. The average molecular weight is 314 g/mol. The van der Waals surface area contributed by atoms with Gasteiger partial charge >= 0.3 is 6.03 Å². The van der Waals surface area contributed by atoms with E-state index in [4.69, 9.17) is 0 Å². The highest BCUT2D eigenvalue weighted by Crippen LogP contribution is 2.30. The number of fused-ring (bicyclic) bond motifs is 1. The molecule has 1 aromatic carbocycles. The number of carbonyl (C=O) groups is 3. The summed E-state index contributed by atoms with van der Waals surface area (Å²) in [6.45, 7) is 4.47. The van der Waals surface area contributed by atoms with Gasteiger partial charge in [0, 0.05) is 24.5 Å². The van der Waals surface area contributed by atoms with Gasteiger partial charge < -0.3 is 20.9 Å². The lowest BCUT2D eigenvalue weighted by molar-refractivity contribution is -0.117. The van der Waals surface area contributed by atoms with Crippen LogP contribution in [0.1, 0.15) is 12.0 Å². The summed E-state index contributed by atoms with van der Waals surface area (Å²) in [5.74, 6) is -0.388. The van der Waals surface area contributed by atoms with Crippen molar-refractivity contribution in [1.82, 2.24) is 10.6 Å². The van der Waals surface area contributed by atoms with Crippen LogP contribution in [0.3, 0.4) is 0 Å². The molecule has 0 saturated carbocycles. The Kier molecular flexibility index (Phi) is 4.01. The molecule has 0 aromatic heterocycles. The molecular weight excluding hydrogens is 296 g/mol. The monoisotopic (exact) mass is 314 g/mol. The van der Waals surface area contributed by atoms with Crippen molar-refractivity contribution in [2.45, 2.75) is 18.9 Å². The maximum Gasteiger partial charge on any atom is 0.315 e. The fraction of sp³-hybridized carbons (Fsp3) is 0.312. The molecular formula is C16H18N4O3. The van der Waals surface area contributed by atoms with Crippen LogP contribution in [0.25, 0.3) is 0 Å². The van der Waals surface area contributed by atoms with Gasteiger partial charge in [0.1, 0.15) is 6.04 Å². The summed E-state index contributed by atoms with van der Waals surface area (Å²) in [4.78, 5) is 36.8. The lowest BCUT2D eigenvalue weighted by Gasteiger charge is -2.29. The van der Waals surface area contributed by atoms with Crippen LogP contribution in [0.2, 0.25) is 0 Å². The summed E-state index contributed by atoms with van der Waals surface area (Å²) in [6, 6.07) is 4.55. The molecule has 0 unspecified atom stereocenters. The van der Waals surface area contributed by atoms with Crippen molar-refractivity contribution in [2.24, 2.45) is 0 Å². The number of amides is 4. The van der Waals surface area contributed by atoms with E-state index in [2.05, 4.69) is 22.5 Å². The molecule has 2 aliphatic rings. The number of carbonyl (C=O) groups excluding carboxylic acids is 3. The minimum absolute atomic E-state index is 0.123. The van der Waals surface area contributed by atoms with Crippen molar-refractivity contribution in [3.63, 3.8) is 0 Å². The fourth-order valence-corrected chi connectivity index (χ4v) is 2.86. The van der Waals surface area contributed by atoms with Crippen molar-refractivity contribution in [1.29, 1.82) is 0 Å². The minimum Gasteiger partial charge on any atom is -0.336 e. The zero-order valence-corrected chi connectivity index (χ0v) is 12.6. The predicted octanol–water partition coefficient (Wildman–Crippen LogP) is 0.772. The minimum atomic E-state index is -0.572. The lowest BCUT2D eigenvalue weighted by Crippen LogP contribution is -2.38. The summed E-state index contributed by atoms with van der Waals surface area (Å²) in [5, 5.41) is 7.88. The van der Waals surface area contributed by atoms with Crippen molar-refractivity contribution in [3.8, 4) is 0 Å². The van der Waals surface area contributed by atoms with Gasteiger partial charge in [0.2, 0.25) is 11.8 Å². The topological polar surface area (TPSA) is 90.5 Å². The first kappa shape index (κ1) is 15.1. The Morgan fingerprint density at radius 2 is 2.22 bits per heavy atom. The zero-order valence-electron chi connectivity index (χ0n) is 12.6. The third-order valence-corrected chi connectivity index (χ3v) is 3.99. The number of anilines is 2. The maximum atomic E-state index is 12.1. The van der Waals surface area contributed by atoms with Gasteiger partial charge in [0.25, 0.3) is 0 Å². The Bertz CT molecular complexity index is 686. The van der Waals surface area contributed by atoms with Crippen LogP contribution in [0, 0.1) is 0 Å². The Morgan fingerprint density at radius 1 is 1.39 bits per heavy atom. The highest BCUT2D eigenvalue weighted by Gasteiger charge is 2.27. The molecule has 2 heterocycles. The second kappa shape index (κ2) is 6.12. The van der Waals surface area contributed by atoms with Crippen LogP contribution >= 0.6 is 0 Å². The quantitative estimate of drug-likeness (QED) is 0.720. The third-order valence-electron chi connectivity index (χ3n) is 3.99. The third kappa shape index (κ3) is 3.03. The molecule has 7 nitrogen and oxygen atoms in total. The number of rotatable bonds is 3. The van der Waals surface area contributed by atoms with Crippen molar-refractivity contribution in [2.75, 3.05) is 23.3 Å². The molecule has 3 rings (SSSR count). The van der Waals surface area contributed by atoms with Crippen molar-refractivity contribution >= 4 is 29.2 Å². The molecule has 1 aromatic rings. The summed E-state index contributed by atoms with van der Waals surface area (Å²) in [7, 11) is 0. The first-order valence-corrected chi connectivity index (χ1v) is 7.50. The van der Waals surface area contributed by atoms with E-state index in [9.17, 15) is 14.4 Å². The highest BCUT2D eigenvalue weighted by molar-refractivity contribution is 6.03. The Morgan fingerprint density at radius 3 is 2.91 bits per heavy atom. The van der Waals surface area contributed by atoms with Crippen molar-refractivity contribution < 1.29 is 14.4 Å². The zero-order chi connectivity index (χ0) is 16.4. The Hall–Kier alpha value is -2.83. The van der Waals surface area contributed by atoms with Crippen molar-refractivity contribution in [3.05, 3.63) is 36.4 Å². The lowest BCUT2D eigenvalue weighted by atomic mass is 10.0. The molecule has 0 spiro atoms. The standard InChI is InChI=1S/C16H18N4O3/c1-2-14(21)20-7-3-4-10-8-11(5-6-13(10)20)18-15(22)12-9-17-16(23)19-12/h2,5-6,8,12H,1,3-4,7,9H2,(H,18,22)(H2,17,19,23)/t12-/m1/s1. The summed E-state index contributed by atoms with van der Waals surface area (Å²) in [5.41, 5.74) is 2.52. The van der Waals surface area contributed by atoms with Crippen LogP contribution in [0.4, 0.5) is 16.2 Å². The van der Waals surface area contributed by atoms with Gasteiger partial charge in [-0.1, -0.05) is 6.58 Å². The number of nitrogens with zero attached hydrogens (tertiary/aromatic N) is 1. The van der Waals surface area contributed by atoms with Crippen LogP contribution in [-0.4, -0.2) is 37.0 Å². The summed E-state index contributed by atoms with van der Waals surface area (Å²) < 4.78 is 0. The first-order valence-electron chi connectivity index (χ1n) is 7.50. The van der Waals surface area contributed by atoms with E-state index in [0.29, 0.717) is 12.2 Å². The number of nitrogens with one attached hydrogen (secondary N) is 3. The van der Waals surface area contributed by atoms with Gasteiger partial charge in [-0.2, -0.15) is 0 Å². The van der Waals surface area contributed by atoms with E-state index < -0.39 is 6.04 Å². The molecule has 1 fully saturated rings. The Balaban J connectivity index is 1.75. The molecule has 0 bridgehead atoms. The normalized spacial score (nSPS) is 19.4. The summed E-state index contributed by atoms with van der Waals surface area (Å²) in [6.07, 6.45) is 3.02. The summed E-state index contributed by atoms with van der Waals surface area (Å²) >= 11 is 0. The molecule has 1 atom stereocenters. The van der Waals surface area contributed by atoms with Gasteiger partial charge in [-0.25, -0.2) is 4.79 Å². The number of benzene rings is 1. The Labute approximate surface area is 133 Å². The first-order chi connectivity index (χ1) is 11.1. The molecule has 23 heavy (non-hydrogen) atoms. The molecule has 0 aliphatic carbocycles. The molecule has 120 valence electrons. The van der Waals surface area contributed by atoms with Crippen LogP contribution in [0.5, 0.6) is 0 Å².